The number of ether oxygens (including phenoxy) is 1. The number of fused-ring (bicyclic) bond motifs is 8. The number of hydrogen-bond donors (Lipinski definition) is 0. The van der Waals surface area contributed by atoms with Crippen molar-refractivity contribution in [2.75, 3.05) is 0 Å². The predicted molar refractivity (Wildman–Crippen MR) is 193 cm³/mol. The van der Waals surface area contributed by atoms with Gasteiger partial charge in [0.05, 0.1) is 0 Å². The standard InChI is InChI=1S/C44H25N3O.Pt/c1-2-15-33-32(14-1)36-17-8-10-28-11-9-18-37(44(28)36)39-27-46-40(26-38(33)39)29-12-7-13-30(24-29)48-31-21-22-35-34-16-3-4-19-41(34)47(42(35)25-31)43-20-5-6-23-45-43;/h1-23,26-27H;/q-2;+2. The van der Waals surface area contributed by atoms with Gasteiger partial charge in [0.1, 0.15) is 5.82 Å². The quantitative estimate of drug-likeness (QED) is 0.166. The minimum absolute atomic E-state index is 0. The molecule has 5 heteroatoms. The summed E-state index contributed by atoms with van der Waals surface area (Å²) in [5, 5.41) is 4.72. The van der Waals surface area contributed by atoms with E-state index in [1.807, 2.05) is 60.9 Å². The number of benzene rings is 6. The van der Waals surface area contributed by atoms with Crippen molar-refractivity contribution in [3.8, 4) is 62.0 Å². The third-order valence-corrected chi connectivity index (χ3v) is 9.31. The van der Waals surface area contributed by atoms with Crippen LogP contribution in [0.25, 0.3) is 83.0 Å². The number of rotatable bonds is 4. The van der Waals surface area contributed by atoms with Gasteiger partial charge in [-0.15, -0.1) is 41.3 Å². The first-order chi connectivity index (χ1) is 23.8. The first kappa shape index (κ1) is 29.3. The van der Waals surface area contributed by atoms with Gasteiger partial charge in [-0.2, -0.15) is 6.07 Å². The molecule has 6 aromatic carbocycles. The molecule has 0 N–H and O–H groups in total. The van der Waals surface area contributed by atoms with Crippen LogP contribution in [0.2, 0.25) is 0 Å². The Labute approximate surface area is 297 Å². The molecule has 0 saturated carbocycles. The molecule has 0 saturated heterocycles. The van der Waals surface area contributed by atoms with E-state index in [0.29, 0.717) is 11.5 Å². The first-order valence-electron chi connectivity index (χ1n) is 16.0. The van der Waals surface area contributed by atoms with Crippen molar-refractivity contribution in [3.63, 3.8) is 0 Å². The summed E-state index contributed by atoms with van der Waals surface area (Å²) in [4.78, 5) is 9.63. The molecular weight excluding hydrogens is 782 g/mol. The van der Waals surface area contributed by atoms with E-state index in [9.17, 15) is 0 Å². The molecule has 1 aliphatic rings. The van der Waals surface area contributed by atoms with Crippen LogP contribution in [-0.4, -0.2) is 14.5 Å². The predicted octanol–water partition coefficient (Wildman–Crippen LogP) is 11.1. The molecule has 0 radical (unpaired) electrons. The van der Waals surface area contributed by atoms with Crippen LogP contribution in [0.3, 0.4) is 0 Å². The summed E-state index contributed by atoms with van der Waals surface area (Å²) in [6, 6.07) is 55.2. The van der Waals surface area contributed by atoms with Gasteiger partial charge in [-0.25, -0.2) is 4.98 Å². The second-order valence-corrected chi connectivity index (χ2v) is 12.0. The Bertz CT molecular complexity index is 2710. The molecule has 0 atom stereocenters. The molecule has 3 heterocycles. The molecule has 49 heavy (non-hydrogen) atoms. The molecule has 0 spiro atoms. The molecular formula is C44H25N3OPt. The second kappa shape index (κ2) is 11.7. The zero-order valence-corrected chi connectivity index (χ0v) is 28.3. The van der Waals surface area contributed by atoms with Gasteiger partial charge in [0.2, 0.25) is 0 Å². The fourth-order valence-corrected chi connectivity index (χ4v) is 7.22. The Kier molecular flexibility index (Phi) is 7.00. The molecule has 3 aromatic heterocycles. The number of aromatic nitrogens is 3. The topological polar surface area (TPSA) is 39.9 Å². The molecule has 9 aromatic rings. The van der Waals surface area contributed by atoms with Crippen LogP contribution in [-0.2, 0) is 21.1 Å². The normalized spacial score (nSPS) is 11.5. The Balaban J connectivity index is 0.00000325. The number of nitrogens with zero attached hydrogens (tertiary/aromatic N) is 3. The molecule has 4 nitrogen and oxygen atoms in total. The zero-order valence-electron chi connectivity index (χ0n) is 26.0. The van der Waals surface area contributed by atoms with E-state index >= 15 is 0 Å². The van der Waals surface area contributed by atoms with E-state index in [1.165, 1.54) is 33.0 Å². The molecule has 0 fully saturated rings. The third-order valence-electron chi connectivity index (χ3n) is 9.31. The Morgan fingerprint density at radius 1 is 0.531 bits per heavy atom. The summed E-state index contributed by atoms with van der Waals surface area (Å²) < 4.78 is 8.57. The number of hydrogen-bond acceptors (Lipinski definition) is 3. The van der Waals surface area contributed by atoms with Gasteiger partial charge in [-0.05, 0) is 67.9 Å². The SMILES string of the molecule is [Pt+2].[c-]1c(Oc2[c-]c3c(cc2)c2ccccc2n3-c2ccccn2)cccc1-c1cc2c(cn1)-c1cccc3cccc(c13)-c1ccccc1-2. The Morgan fingerprint density at radius 3 is 2.08 bits per heavy atom. The van der Waals surface area contributed by atoms with Crippen LogP contribution >= 0.6 is 0 Å². The Morgan fingerprint density at radius 2 is 1.24 bits per heavy atom. The minimum Gasteiger partial charge on any atom is -0.503 e. The van der Waals surface area contributed by atoms with Crippen LogP contribution < -0.4 is 4.74 Å². The van der Waals surface area contributed by atoms with Gasteiger partial charge in [0.25, 0.3) is 0 Å². The number of para-hydroxylation sites is 1. The van der Waals surface area contributed by atoms with Gasteiger partial charge >= 0.3 is 21.1 Å². The fraction of sp³-hybridized carbons (Fsp3) is 0. The van der Waals surface area contributed by atoms with Crippen LogP contribution in [0, 0.1) is 12.1 Å². The second-order valence-electron chi connectivity index (χ2n) is 12.0. The van der Waals surface area contributed by atoms with Crippen LogP contribution in [0.1, 0.15) is 0 Å². The molecule has 0 unspecified atom stereocenters. The molecule has 0 bridgehead atoms. The van der Waals surface area contributed by atoms with Crippen LogP contribution in [0.15, 0.2) is 152 Å². The van der Waals surface area contributed by atoms with Crippen molar-refractivity contribution in [2.45, 2.75) is 0 Å². The summed E-state index contributed by atoms with van der Waals surface area (Å²) in [7, 11) is 0. The van der Waals surface area contributed by atoms with Crippen molar-refractivity contribution in [2.24, 2.45) is 0 Å². The van der Waals surface area contributed by atoms with E-state index in [-0.39, 0.29) is 21.1 Å². The van der Waals surface area contributed by atoms with Crippen molar-refractivity contribution >= 4 is 32.6 Å². The zero-order chi connectivity index (χ0) is 31.6. The smallest absolute Gasteiger partial charge is 0.503 e. The van der Waals surface area contributed by atoms with Crippen LogP contribution in [0.5, 0.6) is 11.5 Å². The van der Waals surface area contributed by atoms with Crippen molar-refractivity contribution in [1.82, 2.24) is 14.5 Å². The van der Waals surface area contributed by atoms with E-state index in [4.69, 9.17) is 9.72 Å². The van der Waals surface area contributed by atoms with Crippen LogP contribution in [0.4, 0.5) is 0 Å². The maximum absolute atomic E-state index is 6.43. The van der Waals surface area contributed by atoms with Crippen molar-refractivity contribution < 1.29 is 25.8 Å². The van der Waals surface area contributed by atoms with Gasteiger partial charge in [0, 0.05) is 35.0 Å². The molecule has 10 rings (SSSR count). The van der Waals surface area contributed by atoms with Crippen molar-refractivity contribution in [3.05, 3.63) is 164 Å². The number of pyridine rings is 2. The summed E-state index contributed by atoms with van der Waals surface area (Å²) in [6.07, 6.45) is 3.82. The monoisotopic (exact) mass is 806 g/mol. The summed E-state index contributed by atoms with van der Waals surface area (Å²) >= 11 is 0. The molecule has 0 amide bonds. The molecule has 232 valence electrons. The van der Waals surface area contributed by atoms with E-state index in [0.717, 1.165) is 50.0 Å². The van der Waals surface area contributed by atoms with E-state index < -0.39 is 0 Å². The first-order valence-corrected chi connectivity index (χ1v) is 16.0. The van der Waals surface area contributed by atoms with E-state index in [2.05, 4.69) is 113 Å². The van der Waals surface area contributed by atoms with E-state index in [1.54, 1.807) is 0 Å². The maximum Gasteiger partial charge on any atom is 2.00 e. The Hall–Kier alpha value is -5.83. The summed E-state index contributed by atoms with van der Waals surface area (Å²) in [5.41, 5.74) is 10.8. The third kappa shape index (κ3) is 4.71. The molecule has 0 aliphatic heterocycles. The van der Waals surface area contributed by atoms with Gasteiger partial charge < -0.3 is 14.3 Å². The minimum atomic E-state index is 0. The van der Waals surface area contributed by atoms with Gasteiger partial charge in [-0.1, -0.05) is 103 Å². The average molecular weight is 807 g/mol. The van der Waals surface area contributed by atoms with Gasteiger partial charge in [0.15, 0.2) is 0 Å². The summed E-state index contributed by atoms with van der Waals surface area (Å²) in [6.45, 7) is 0. The maximum atomic E-state index is 6.43. The molecule has 1 aliphatic carbocycles. The summed E-state index contributed by atoms with van der Waals surface area (Å²) in [5.74, 6) is 2.03. The van der Waals surface area contributed by atoms with Crippen molar-refractivity contribution in [1.29, 1.82) is 0 Å². The average Bonchev–Trinajstić information content (AvgIpc) is 3.42. The van der Waals surface area contributed by atoms with Gasteiger partial charge in [-0.3, -0.25) is 0 Å². The largest absolute Gasteiger partial charge is 2.00 e. The fourth-order valence-electron chi connectivity index (χ4n) is 7.22.